The van der Waals surface area contributed by atoms with Gasteiger partial charge in [0.25, 0.3) is 0 Å². The maximum absolute atomic E-state index is 12.6. The van der Waals surface area contributed by atoms with E-state index >= 15 is 0 Å². The number of carbonyl (C=O) groups excluding carboxylic acids is 2. The van der Waals surface area contributed by atoms with E-state index in [0.717, 1.165) is 33.6 Å². The Labute approximate surface area is 166 Å². The zero-order chi connectivity index (χ0) is 18.5. The summed E-state index contributed by atoms with van der Waals surface area (Å²) in [6.07, 6.45) is 2.68. The molecule has 26 heavy (non-hydrogen) atoms. The topological polar surface area (TPSA) is 58.2 Å². The molecule has 2 aromatic carbocycles. The molecule has 0 bridgehead atoms. The van der Waals surface area contributed by atoms with Gasteiger partial charge in [0.05, 0.1) is 5.25 Å². The molecule has 2 aromatic rings. The normalized spacial score (nSPS) is 14.5. The van der Waals surface area contributed by atoms with Gasteiger partial charge in [-0.1, -0.05) is 28.9 Å². The zero-order valence-electron chi connectivity index (χ0n) is 14.5. The second-order valence-corrected chi connectivity index (χ2v) is 8.49. The fourth-order valence-electron chi connectivity index (χ4n) is 2.48. The first-order valence-corrected chi connectivity index (χ1v) is 10.4. The third-order valence-corrected chi connectivity index (χ3v) is 5.99. The highest BCUT2D eigenvalue weighted by molar-refractivity contribution is 9.10. The molecule has 6 heteroatoms. The van der Waals surface area contributed by atoms with Crippen LogP contribution in [0.25, 0.3) is 0 Å². The van der Waals surface area contributed by atoms with E-state index in [-0.39, 0.29) is 23.0 Å². The van der Waals surface area contributed by atoms with Gasteiger partial charge in [-0.15, -0.1) is 11.8 Å². The lowest BCUT2D eigenvalue weighted by Gasteiger charge is -2.15. The second-order valence-electron chi connectivity index (χ2n) is 6.30. The van der Waals surface area contributed by atoms with Crippen LogP contribution in [0.1, 0.15) is 26.2 Å². The van der Waals surface area contributed by atoms with E-state index < -0.39 is 0 Å². The fourth-order valence-corrected chi connectivity index (χ4v) is 3.76. The molecule has 136 valence electrons. The number of nitrogens with one attached hydrogen (secondary N) is 2. The summed E-state index contributed by atoms with van der Waals surface area (Å²) in [6, 6.07) is 15.2. The molecular formula is C20H21BrN2O2S. The highest BCUT2D eigenvalue weighted by Gasteiger charge is 2.29. The number of hydrogen-bond donors (Lipinski definition) is 2. The molecule has 4 nitrogen and oxygen atoms in total. The third kappa shape index (κ3) is 5.35. The van der Waals surface area contributed by atoms with Crippen LogP contribution >= 0.6 is 27.7 Å². The molecule has 2 N–H and O–H groups in total. The minimum absolute atomic E-state index is 0.0211. The second kappa shape index (κ2) is 8.73. The van der Waals surface area contributed by atoms with Gasteiger partial charge in [0.1, 0.15) is 0 Å². The Bertz CT molecular complexity index is 791. The van der Waals surface area contributed by atoms with E-state index in [1.54, 1.807) is 0 Å². The van der Waals surface area contributed by atoms with Gasteiger partial charge in [0.2, 0.25) is 11.8 Å². The maximum atomic E-state index is 12.6. The molecule has 1 saturated carbocycles. The van der Waals surface area contributed by atoms with Gasteiger partial charge in [0.15, 0.2) is 0 Å². The van der Waals surface area contributed by atoms with Crippen molar-refractivity contribution in [3.8, 4) is 0 Å². The average Bonchev–Trinajstić information content (AvgIpc) is 3.47. The van der Waals surface area contributed by atoms with Crippen LogP contribution in [-0.4, -0.2) is 17.1 Å². The Morgan fingerprint density at radius 3 is 2.50 bits per heavy atom. The summed E-state index contributed by atoms with van der Waals surface area (Å²) in [6.45, 7) is 2.00. The number of thioether (sulfide) groups is 1. The molecule has 2 amide bonds. The first-order valence-electron chi connectivity index (χ1n) is 8.69. The van der Waals surface area contributed by atoms with Crippen LogP contribution in [-0.2, 0) is 9.59 Å². The van der Waals surface area contributed by atoms with E-state index in [2.05, 4.69) is 26.6 Å². The van der Waals surface area contributed by atoms with E-state index in [4.69, 9.17) is 0 Å². The monoisotopic (exact) mass is 432 g/mol. The minimum Gasteiger partial charge on any atom is -0.326 e. The standard InChI is InChI=1S/C20H21BrN2O2S/c1-2-18(20(25)22-15-10-8-14(21)9-11-15)26-17-5-3-4-16(12-17)23-19(24)13-6-7-13/h3-5,8-13,18H,2,6-7H2,1H3,(H,22,25)(H,23,24). The summed E-state index contributed by atoms with van der Waals surface area (Å²) < 4.78 is 0.974. The molecule has 3 rings (SSSR count). The van der Waals surface area contributed by atoms with E-state index in [0.29, 0.717) is 6.42 Å². The van der Waals surface area contributed by atoms with Gasteiger partial charge in [-0.3, -0.25) is 9.59 Å². The molecule has 1 atom stereocenters. The quantitative estimate of drug-likeness (QED) is 0.582. The molecule has 1 fully saturated rings. The smallest absolute Gasteiger partial charge is 0.237 e. The number of rotatable bonds is 7. The Morgan fingerprint density at radius 1 is 1.12 bits per heavy atom. The lowest BCUT2D eigenvalue weighted by atomic mass is 10.3. The largest absolute Gasteiger partial charge is 0.326 e. The van der Waals surface area contributed by atoms with Crippen molar-refractivity contribution in [2.24, 2.45) is 5.92 Å². The summed E-state index contributed by atoms with van der Waals surface area (Å²) in [5.41, 5.74) is 1.57. The van der Waals surface area contributed by atoms with Gasteiger partial charge in [-0.05, 0) is 61.7 Å². The van der Waals surface area contributed by atoms with Crippen LogP contribution in [0.15, 0.2) is 57.9 Å². The van der Waals surface area contributed by atoms with Crippen molar-refractivity contribution < 1.29 is 9.59 Å². The lowest BCUT2D eigenvalue weighted by Crippen LogP contribution is -2.24. The molecule has 0 aliphatic heterocycles. The summed E-state index contributed by atoms with van der Waals surface area (Å²) >= 11 is 4.90. The van der Waals surface area contributed by atoms with E-state index in [1.165, 1.54) is 11.8 Å². The molecule has 0 aromatic heterocycles. The van der Waals surface area contributed by atoms with Crippen LogP contribution in [0.3, 0.4) is 0 Å². The van der Waals surface area contributed by atoms with Crippen LogP contribution < -0.4 is 10.6 Å². The Morgan fingerprint density at radius 2 is 1.85 bits per heavy atom. The zero-order valence-corrected chi connectivity index (χ0v) is 16.9. The number of anilines is 2. The van der Waals surface area contributed by atoms with Gasteiger partial charge >= 0.3 is 0 Å². The molecule has 0 heterocycles. The number of amides is 2. The van der Waals surface area contributed by atoms with Crippen molar-refractivity contribution >= 4 is 50.9 Å². The van der Waals surface area contributed by atoms with Gasteiger partial charge in [-0.2, -0.15) is 0 Å². The predicted molar refractivity (Wildman–Crippen MR) is 111 cm³/mol. The molecular weight excluding hydrogens is 412 g/mol. The van der Waals surface area contributed by atoms with E-state index in [1.807, 2.05) is 55.5 Å². The van der Waals surface area contributed by atoms with Crippen molar-refractivity contribution in [2.75, 3.05) is 10.6 Å². The summed E-state index contributed by atoms with van der Waals surface area (Å²) in [7, 11) is 0. The molecule has 0 saturated heterocycles. The predicted octanol–water partition coefficient (Wildman–Crippen LogP) is 5.31. The number of halogens is 1. The van der Waals surface area contributed by atoms with Gasteiger partial charge < -0.3 is 10.6 Å². The summed E-state index contributed by atoms with van der Waals surface area (Å²) in [5.74, 6) is 0.241. The first-order chi connectivity index (χ1) is 12.5. The molecule has 1 aliphatic carbocycles. The first kappa shape index (κ1) is 19.0. The summed E-state index contributed by atoms with van der Waals surface area (Å²) in [5, 5.41) is 5.71. The fraction of sp³-hybridized carbons (Fsp3) is 0.300. The number of carbonyl (C=O) groups is 2. The van der Waals surface area contributed by atoms with Gasteiger partial charge in [0, 0.05) is 26.7 Å². The van der Waals surface area contributed by atoms with Crippen molar-refractivity contribution in [2.45, 2.75) is 36.3 Å². The number of benzene rings is 2. The Balaban J connectivity index is 1.62. The Kier molecular flexibility index (Phi) is 6.38. The van der Waals surface area contributed by atoms with Crippen LogP contribution in [0.2, 0.25) is 0 Å². The lowest BCUT2D eigenvalue weighted by molar-refractivity contribution is -0.117. The molecule has 1 aliphatic rings. The maximum Gasteiger partial charge on any atom is 0.237 e. The van der Waals surface area contributed by atoms with Crippen LogP contribution in [0, 0.1) is 5.92 Å². The summed E-state index contributed by atoms with van der Waals surface area (Å²) in [4.78, 5) is 25.5. The number of hydrogen-bond acceptors (Lipinski definition) is 3. The minimum atomic E-state index is -0.201. The van der Waals surface area contributed by atoms with E-state index in [9.17, 15) is 9.59 Å². The molecule has 0 spiro atoms. The van der Waals surface area contributed by atoms with Crippen molar-refractivity contribution in [3.63, 3.8) is 0 Å². The molecule has 1 unspecified atom stereocenters. The van der Waals surface area contributed by atoms with Crippen LogP contribution in [0.5, 0.6) is 0 Å². The highest BCUT2D eigenvalue weighted by Crippen LogP contribution is 2.32. The Hall–Kier alpha value is -1.79. The average molecular weight is 433 g/mol. The van der Waals surface area contributed by atoms with Crippen molar-refractivity contribution in [1.82, 2.24) is 0 Å². The highest BCUT2D eigenvalue weighted by atomic mass is 79.9. The van der Waals surface area contributed by atoms with Crippen molar-refractivity contribution in [1.29, 1.82) is 0 Å². The molecule has 0 radical (unpaired) electrons. The van der Waals surface area contributed by atoms with Crippen molar-refractivity contribution in [3.05, 3.63) is 53.0 Å². The third-order valence-electron chi connectivity index (χ3n) is 4.10. The van der Waals surface area contributed by atoms with Crippen LogP contribution in [0.4, 0.5) is 11.4 Å². The van der Waals surface area contributed by atoms with Gasteiger partial charge in [-0.25, -0.2) is 0 Å². The SMILES string of the molecule is CCC(Sc1cccc(NC(=O)C2CC2)c1)C(=O)Nc1ccc(Br)cc1.